The topological polar surface area (TPSA) is 99.5 Å². The van der Waals surface area contributed by atoms with Crippen LogP contribution in [0.4, 0.5) is 5.69 Å². The molecule has 0 saturated heterocycles. The fraction of sp³-hybridized carbons (Fsp3) is 0.455. The highest BCUT2D eigenvalue weighted by Gasteiger charge is 2.21. The minimum absolute atomic E-state index is 0.00313. The third-order valence-corrected chi connectivity index (χ3v) is 4.64. The molecule has 2 aromatic rings. The van der Waals surface area contributed by atoms with E-state index in [1.54, 1.807) is 42.9 Å². The van der Waals surface area contributed by atoms with Crippen molar-refractivity contribution < 1.29 is 23.9 Å². The van der Waals surface area contributed by atoms with E-state index in [9.17, 15) is 14.4 Å². The molecule has 1 heterocycles. The minimum atomic E-state index is -0.985. The van der Waals surface area contributed by atoms with E-state index in [0.29, 0.717) is 29.3 Å². The van der Waals surface area contributed by atoms with Crippen LogP contribution in [0.1, 0.15) is 54.9 Å². The van der Waals surface area contributed by atoms with Crippen molar-refractivity contribution in [3.63, 3.8) is 0 Å². The second-order valence-corrected chi connectivity index (χ2v) is 7.09. The van der Waals surface area contributed by atoms with Crippen LogP contribution in [0.3, 0.4) is 0 Å². The molecule has 1 atom stereocenters. The first-order chi connectivity index (χ1) is 14.2. The lowest BCUT2D eigenvalue weighted by atomic mass is 10.1. The van der Waals surface area contributed by atoms with Crippen molar-refractivity contribution in [2.24, 2.45) is 7.05 Å². The van der Waals surface area contributed by atoms with Gasteiger partial charge in [-0.05, 0) is 51.5 Å². The van der Waals surface area contributed by atoms with Crippen LogP contribution in [0, 0.1) is 13.8 Å². The number of esters is 1. The van der Waals surface area contributed by atoms with E-state index in [2.05, 4.69) is 10.4 Å². The van der Waals surface area contributed by atoms with Crippen LogP contribution in [0.15, 0.2) is 24.3 Å². The molecule has 162 valence electrons. The minimum Gasteiger partial charge on any atom is -0.494 e. The van der Waals surface area contributed by atoms with Gasteiger partial charge in [-0.25, -0.2) is 0 Å². The quantitative estimate of drug-likeness (QED) is 0.472. The Kier molecular flexibility index (Phi) is 8.15. The normalized spacial score (nSPS) is 11.6. The molecule has 0 aliphatic carbocycles. The van der Waals surface area contributed by atoms with Crippen molar-refractivity contribution in [2.45, 2.75) is 53.1 Å². The monoisotopic (exact) mass is 415 g/mol. The molecule has 0 aliphatic heterocycles. The van der Waals surface area contributed by atoms with Gasteiger partial charge in [-0.3, -0.25) is 19.1 Å². The number of Topliss-reactive ketones (excluding diaryl/α,β-unsaturated/α-hetero) is 1. The van der Waals surface area contributed by atoms with Crippen molar-refractivity contribution in [1.29, 1.82) is 0 Å². The van der Waals surface area contributed by atoms with Crippen LogP contribution in [-0.2, 0) is 21.4 Å². The lowest BCUT2D eigenvalue weighted by Crippen LogP contribution is -2.30. The van der Waals surface area contributed by atoms with Crippen LogP contribution < -0.4 is 10.1 Å². The Bertz CT molecular complexity index is 902. The molecule has 2 rings (SSSR count). The highest BCUT2D eigenvalue weighted by molar-refractivity contribution is 5.98. The Labute approximate surface area is 176 Å². The van der Waals surface area contributed by atoms with E-state index in [1.807, 2.05) is 13.8 Å². The fourth-order valence-corrected chi connectivity index (χ4v) is 2.81. The van der Waals surface area contributed by atoms with Gasteiger partial charge in [0.25, 0.3) is 5.91 Å². The largest absolute Gasteiger partial charge is 0.494 e. The molecule has 1 aromatic carbocycles. The van der Waals surface area contributed by atoms with Crippen LogP contribution in [0.5, 0.6) is 5.75 Å². The summed E-state index contributed by atoms with van der Waals surface area (Å²) in [7, 11) is 1.78. The third kappa shape index (κ3) is 6.17. The molecule has 8 heteroatoms. The second kappa shape index (κ2) is 10.6. The molecule has 1 aromatic heterocycles. The average molecular weight is 415 g/mol. The van der Waals surface area contributed by atoms with Crippen molar-refractivity contribution in [1.82, 2.24) is 9.78 Å². The highest BCUT2D eigenvalue weighted by Crippen LogP contribution is 2.19. The molecule has 0 unspecified atom stereocenters. The van der Waals surface area contributed by atoms with Crippen LogP contribution in [0.25, 0.3) is 0 Å². The van der Waals surface area contributed by atoms with E-state index in [0.717, 1.165) is 12.1 Å². The Morgan fingerprint density at radius 3 is 2.37 bits per heavy atom. The molecule has 0 fully saturated rings. The van der Waals surface area contributed by atoms with Gasteiger partial charge in [0, 0.05) is 19.0 Å². The summed E-state index contributed by atoms with van der Waals surface area (Å²) in [5.74, 6) is -0.524. The van der Waals surface area contributed by atoms with E-state index in [-0.39, 0.29) is 18.6 Å². The molecule has 0 radical (unpaired) electrons. The van der Waals surface area contributed by atoms with Gasteiger partial charge in [-0.2, -0.15) is 5.10 Å². The number of anilines is 1. The Hall–Kier alpha value is -3.16. The molecule has 0 saturated carbocycles. The predicted octanol–water partition coefficient (Wildman–Crippen LogP) is 3.36. The number of aryl methyl sites for hydroxylation is 2. The average Bonchev–Trinajstić information content (AvgIpc) is 2.96. The van der Waals surface area contributed by atoms with Crippen LogP contribution >= 0.6 is 0 Å². The van der Waals surface area contributed by atoms with Gasteiger partial charge in [0.1, 0.15) is 5.75 Å². The highest BCUT2D eigenvalue weighted by atomic mass is 16.5. The molecule has 0 bridgehead atoms. The van der Waals surface area contributed by atoms with Gasteiger partial charge >= 0.3 is 5.97 Å². The molecule has 1 N–H and O–H groups in total. The Morgan fingerprint density at radius 2 is 1.80 bits per heavy atom. The number of ketones is 1. The molecule has 0 spiro atoms. The Balaban J connectivity index is 1.81. The summed E-state index contributed by atoms with van der Waals surface area (Å²) in [6, 6.07) is 6.81. The number of amides is 1. The van der Waals surface area contributed by atoms with Crippen molar-refractivity contribution >= 4 is 23.3 Å². The predicted molar refractivity (Wildman–Crippen MR) is 113 cm³/mol. The summed E-state index contributed by atoms with van der Waals surface area (Å²) in [6.07, 6.45) is -0.180. The van der Waals surface area contributed by atoms with Gasteiger partial charge in [0.05, 0.1) is 30.1 Å². The van der Waals surface area contributed by atoms with Crippen LogP contribution in [0.2, 0.25) is 0 Å². The number of benzene rings is 1. The number of hydrogen-bond donors (Lipinski definition) is 1. The first-order valence-electron chi connectivity index (χ1n) is 9.99. The van der Waals surface area contributed by atoms with Gasteiger partial charge in [0.2, 0.25) is 0 Å². The zero-order chi connectivity index (χ0) is 22.3. The smallest absolute Gasteiger partial charge is 0.307 e. The summed E-state index contributed by atoms with van der Waals surface area (Å²) in [5.41, 5.74) is 2.58. The van der Waals surface area contributed by atoms with Gasteiger partial charge in [-0.15, -0.1) is 0 Å². The maximum atomic E-state index is 12.3. The number of rotatable bonds is 10. The molecule has 1 amide bonds. The van der Waals surface area contributed by atoms with E-state index >= 15 is 0 Å². The molecule has 8 nitrogen and oxygen atoms in total. The summed E-state index contributed by atoms with van der Waals surface area (Å²) >= 11 is 0. The van der Waals surface area contributed by atoms with Crippen LogP contribution in [-0.4, -0.2) is 40.2 Å². The molecule has 0 aliphatic rings. The maximum absolute atomic E-state index is 12.3. The maximum Gasteiger partial charge on any atom is 0.307 e. The molecule has 30 heavy (non-hydrogen) atoms. The zero-order valence-corrected chi connectivity index (χ0v) is 18.2. The van der Waals surface area contributed by atoms with E-state index in [1.165, 1.54) is 6.92 Å². The second-order valence-electron chi connectivity index (χ2n) is 7.09. The number of ether oxygens (including phenoxy) is 2. The summed E-state index contributed by atoms with van der Waals surface area (Å²) in [4.78, 5) is 36.7. The van der Waals surface area contributed by atoms with Crippen molar-refractivity contribution in [3.05, 3.63) is 41.2 Å². The van der Waals surface area contributed by atoms with Crippen molar-refractivity contribution in [2.75, 3.05) is 11.9 Å². The summed E-state index contributed by atoms with van der Waals surface area (Å²) < 4.78 is 12.3. The number of carbonyl (C=O) groups is 3. The Morgan fingerprint density at radius 1 is 1.13 bits per heavy atom. The number of aromatic nitrogens is 2. The lowest BCUT2D eigenvalue weighted by Gasteiger charge is -2.13. The molecular weight excluding hydrogens is 386 g/mol. The number of nitrogens with one attached hydrogen (secondary N) is 1. The summed E-state index contributed by atoms with van der Waals surface area (Å²) in [6.45, 7) is 7.74. The fourth-order valence-electron chi connectivity index (χ4n) is 2.81. The number of hydrogen-bond acceptors (Lipinski definition) is 6. The van der Waals surface area contributed by atoms with E-state index in [4.69, 9.17) is 9.47 Å². The van der Waals surface area contributed by atoms with Gasteiger partial charge in [-0.1, -0.05) is 6.92 Å². The van der Waals surface area contributed by atoms with E-state index < -0.39 is 18.0 Å². The lowest BCUT2D eigenvalue weighted by molar-refractivity contribution is -0.153. The van der Waals surface area contributed by atoms with Gasteiger partial charge in [0.15, 0.2) is 11.9 Å². The SMILES string of the molecule is CCCOc1ccc(C(=O)CCC(=O)O[C@H](C)C(=O)Nc2c(C)nn(C)c2C)cc1. The van der Waals surface area contributed by atoms with Crippen molar-refractivity contribution in [3.8, 4) is 5.75 Å². The third-order valence-electron chi connectivity index (χ3n) is 4.64. The standard InChI is InChI=1S/C22H29N3O5/c1-6-13-29-18-9-7-17(8-10-18)19(26)11-12-20(27)30-16(4)22(28)23-21-14(2)24-25(5)15(21)3/h7-10,16H,6,11-13H2,1-5H3,(H,23,28)/t16-/m1/s1. The summed E-state index contributed by atoms with van der Waals surface area (Å²) in [5, 5.41) is 6.97. The first kappa shape index (κ1) is 23.1. The molecular formula is C22H29N3O5. The first-order valence-corrected chi connectivity index (χ1v) is 9.99. The number of carbonyl (C=O) groups excluding carboxylic acids is 3. The van der Waals surface area contributed by atoms with Gasteiger partial charge < -0.3 is 14.8 Å². The number of nitrogens with zero attached hydrogens (tertiary/aromatic N) is 2. The zero-order valence-electron chi connectivity index (χ0n) is 18.2.